The minimum absolute atomic E-state index is 0. The lowest BCUT2D eigenvalue weighted by molar-refractivity contribution is 0.0647. The number of likely N-dealkylation sites (tertiary alicyclic amines) is 1. The molecule has 0 spiro atoms. The predicted octanol–water partition coefficient (Wildman–Crippen LogP) is 4.57. The van der Waals surface area contributed by atoms with Gasteiger partial charge in [-0.2, -0.15) is 0 Å². The quantitative estimate of drug-likeness (QED) is 0.669. The van der Waals surface area contributed by atoms with Crippen LogP contribution in [0.1, 0.15) is 49.5 Å². The first-order valence-corrected chi connectivity index (χ1v) is 11.4. The van der Waals surface area contributed by atoms with Gasteiger partial charge in [0.1, 0.15) is 0 Å². The van der Waals surface area contributed by atoms with E-state index in [1.54, 1.807) is 24.3 Å². The van der Waals surface area contributed by atoms with Gasteiger partial charge in [-0.25, -0.2) is 4.79 Å². The Bertz CT molecular complexity index is 904. The number of hydrogen-bond acceptors (Lipinski definition) is 3. The highest BCUT2D eigenvalue weighted by Gasteiger charge is 2.28. The lowest BCUT2D eigenvalue weighted by Crippen LogP contribution is -2.48. The first kappa shape index (κ1) is 26.7. The second-order valence-electron chi connectivity index (χ2n) is 9.63. The molecule has 0 aliphatic carbocycles. The van der Waals surface area contributed by atoms with E-state index < -0.39 is 11.6 Å². The molecule has 0 aromatic heterocycles. The SMILES string of the molecule is CN(CCc1ccccc1)C1CCN(C(=O)c2ccc(N(C(N)=O)C(C)(C)C)cc2)CC1.Cl. The van der Waals surface area contributed by atoms with E-state index >= 15 is 0 Å². The van der Waals surface area contributed by atoms with Gasteiger partial charge in [0.15, 0.2) is 0 Å². The average molecular weight is 473 g/mol. The number of rotatable bonds is 6. The first-order chi connectivity index (χ1) is 15.2. The molecule has 2 aromatic carbocycles. The molecule has 1 fully saturated rings. The van der Waals surface area contributed by atoms with Crippen LogP contribution in [0, 0.1) is 0 Å². The van der Waals surface area contributed by atoms with Crippen LogP contribution in [0.3, 0.4) is 0 Å². The summed E-state index contributed by atoms with van der Waals surface area (Å²) in [5.74, 6) is 0.0447. The Labute approximate surface area is 204 Å². The third-order valence-corrected chi connectivity index (χ3v) is 6.23. The van der Waals surface area contributed by atoms with E-state index in [-0.39, 0.29) is 18.3 Å². The van der Waals surface area contributed by atoms with E-state index in [1.165, 1.54) is 10.5 Å². The van der Waals surface area contributed by atoms with Crippen LogP contribution in [-0.2, 0) is 6.42 Å². The maximum absolute atomic E-state index is 13.0. The van der Waals surface area contributed by atoms with Crippen LogP contribution in [0.25, 0.3) is 0 Å². The highest BCUT2D eigenvalue weighted by atomic mass is 35.5. The van der Waals surface area contributed by atoms with E-state index in [4.69, 9.17) is 5.73 Å². The van der Waals surface area contributed by atoms with Crippen molar-refractivity contribution >= 4 is 30.0 Å². The molecule has 0 radical (unpaired) electrons. The highest BCUT2D eigenvalue weighted by molar-refractivity contribution is 5.96. The highest BCUT2D eigenvalue weighted by Crippen LogP contribution is 2.25. The monoisotopic (exact) mass is 472 g/mol. The fourth-order valence-electron chi connectivity index (χ4n) is 4.42. The number of amides is 3. The molecule has 3 rings (SSSR count). The van der Waals surface area contributed by atoms with Crippen LogP contribution in [0.2, 0.25) is 0 Å². The normalized spacial score (nSPS) is 14.6. The summed E-state index contributed by atoms with van der Waals surface area (Å²) in [6, 6.07) is 17.7. The molecule has 1 aliphatic rings. The molecule has 7 heteroatoms. The summed E-state index contributed by atoms with van der Waals surface area (Å²) in [5, 5.41) is 0. The minimum atomic E-state index is -0.505. The largest absolute Gasteiger partial charge is 0.351 e. The second-order valence-corrected chi connectivity index (χ2v) is 9.63. The van der Waals surface area contributed by atoms with Gasteiger partial charge < -0.3 is 15.5 Å². The lowest BCUT2D eigenvalue weighted by atomic mass is 10.0. The number of primary amides is 1. The summed E-state index contributed by atoms with van der Waals surface area (Å²) in [6.07, 6.45) is 3.00. The molecule has 180 valence electrons. The summed E-state index contributed by atoms with van der Waals surface area (Å²) in [4.78, 5) is 30.8. The lowest BCUT2D eigenvalue weighted by Gasteiger charge is -2.37. The average Bonchev–Trinajstić information content (AvgIpc) is 2.77. The van der Waals surface area contributed by atoms with Crippen molar-refractivity contribution in [3.63, 3.8) is 0 Å². The number of hydrogen-bond donors (Lipinski definition) is 1. The maximum atomic E-state index is 13.0. The van der Waals surface area contributed by atoms with Gasteiger partial charge in [-0.3, -0.25) is 9.69 Å². The molecule has 0 bridgehead atoms. The van der Waals surface area contributed by atoms with Crippen LogP contribution < -0.4 is 10.6 Å². The van der Waals surface area contributed by atoms with Crippen molar-refractivity contribution in [1.29, 1.82) is 0 Å². The smallest absolute Gasteiger partial charge is 0.319 e. The van der Waals surface area contributed by atoms with E-state index in [0.29, 0.717) is 17.3 Å². The Kier molecular flexibility index (Phi) is 9.32. The fourth-order valence-corrected chi connectivity index (χ4v) is 4.42. The molecule has 2 N–H and O–H groups in total. The number of nitrogens with zero attached hydrogens (tertiary/aromatic N) is 3. The molecule has 0 atom stereocenters. The van der Waals surface area contributed by atoms with Gasteiger partial charge >= 0.3 is 6.03 Å². The molecular weight excluding hydrogens is 436 g/mol. The first-order valence-electron chi connectivity index (χ1n) is 11.4. The summed E-state index contributed by atoms with van der Waals surface area (Å²) < 4.78 is 0. The van der Waals surface area contributed by atoms with E-state index in [2.05, 4.69) is 36.2 Å². The summed E-state index contributed by atoms with van der Waals surface area (Å²) >= 11 is 0. The molecule has 0 saturated carbocycles. The van der Waals surface area contributed by atoms with Gasteiger partial charge in [0.05, 0.1) is 0 Å². The van der Waals surface area contributed by atoms with Gasteiger partial charge in [0.25, 0.3) is 5.91 Å². The van der Waals surface area contributed by atoms with Crippen LogP contribution in [-0.4, -0.2) is 60.0 Å². The van der Waals surface area contributed by atoms with Gasteiger partial charge in [0.2, 0.25) is 0 Å². The summed E-state index contributed by atoms with van der Waals surface area (Å²) in [7, 11) is 2.18. The molecule has 1 heterocycles. The zero-order valence-electron chi connectivity index (χ0n) is 20.2. The second kappa shape index (κ2) is 11.5. The van der Waals surface area contributed by atoms with E-state index in [1.807, 2.05) is 31.7 Å². The van der Waals surface area contributed by atoms with Crippen molar-refractivity contribution in [3.8, 4) is 0 Å². The Morgan fingerprint density at radius 2 is 1.58 bits per heavy atom. The number of piperidine rings is 1. The van der Waals surface area contributed by atoms with Gasteiger partial charge in [0, 0.05) is 42.5 Å². The Hall–Kier alpha value is -2.57. The zero-order valence-corrected chi connectivity index (χ0v) is 21.0. The number of carbonyl (C=O) groups is 2. The predicted molar refractivity (Wildman–Crippen MR) is 137 cm³/mol. The molecule has 33 heavy (non-hydrogen) atoms. The number of likely N-dealkylation sites (N-methyl/N-ethyl adjacent to an activating group) is 1. The van der Waals surface area contributed by atoms with Crippen molar-refractivity contribution in [2.24, 2.45) is 5.73 Å². The number of nitrogens with two attached hydrogens (primary N) is 1. The van der Waals surface area contributed by atoms with Crippen LogP contribution in [0.5, 0.6) is 0 Å². The topological polar surface area (TPSA) is 69.9 Å². The third kappa shape index (κ3) is 6.95. The summed E-state index contributed by atoms with van der Waals surface area (Å²) in [6.45, 7) is 8.33. The molecule has 1 aliphatic heterocycles. The van der Waals surface area contributed by atoms with Crippen molar-refractivity contribution in [2.75, 3.05) is 31.6 Å². The van der Waals surface area contributed by atoms with E-state index in [9.17, 15) is 9.59 Å². The molecule has 0 unspecified atom stereocenters. The number of urea groups is 1. The van der Waals surface area contributed by atoms with Crippen molar-refractivity contribution in [3.05, 3.63) is 65.7 Å². The molecule has 6 nitrogen and oxygen atoms in total. The van der Waals surface area contributed by atoms with Crippen LogP contribution in [0.15, 0.2) is 54.6 Å². The number of carbonyl (C=O) groups excluding carboxylic acids is 2. The Morgan fingerprint density at radius 3 is 2.09 bits per heavy atom. The molecule has 2 aromatic rings. The van der Waals surface area contributed by atoms with E-state index in [0.717, 1.165) is 38.9 Å². The number of anilines is 1. The van der Waals surface area contributed by atoms with Gasteiger partial charge in [-0.15, -0.1) is 12.4 Å². The summed E-state index contributed by atoms with van der Waals surface area (Å²) in [5.41, 5.74) is 7.83. The Morgan fingerprint density at radius 1 is 1.00 bits per heavy atom. The van der Waals surface area contributed by atoms with Gasteiger partial charge in [-0.05, 0) is 76.9 Å². The zero-order chi connectivity index (χ0) is 23.3. The third-order valence-electron chi connectivity index (χ3n) is 6.23. The standard InChI is InChI=1S/C26H36N4O2.ClH/c1-26(2,3)30(25(27)32)23-12-10-21(11-13-23)24(31)29-18-15-22(16-19-29)28(4)17-14-20-8-6-5-7-9-20;/h5-13,22H,14-19H2,1-4H3,(H2,27,32);1H. The van der Waals surface area contributed by atoms with Crippen molar-refractivity contribution < 1.29 is 9.59 Å². The Balaban J connectivity index is 0.00000385. The van der Waals surface area contributed by atoms with Crippen molar-refractivity contribution in [2.45, 2.75) is 51.6 Å². The maximum Gasteiger partial charge on any atom is 0.319 e. The van der Waals surface area contributed by atoms with Crippen molar-refractivity contribution in [1.82, 2.24) is 9.80 Å². The van der Waals surface area contributed by atoms with Crippen LogP contribution in [0.4, 0.5) is 10.5 Å². The number of halogens is 1. The minimum Gasteiger partial charge on any atom is -0.351 e. The molecule has 3 amide bonds. The number of benzene rings is 2. The van der Waals surface area contributed by atoms with Gasteiger partial charge in [-0.1, -0.05) is 30.3 Å². The van der Waals surface area contributed by atoms with Crippen LogP contribution >= 0.6 is 12.4 Å². The fraction of sp³-hybridized carbons (Fsp3) is 0.462. The molecule has 1 saturated heterocycles. The molecular formula is C26H37ClN4O2.